The van der Waals surface area contributed by atoms with Gasteiger partial charge in [0.25, 0.3) is 5.91 Å². The van der Waals surface area contributed by atoms with Crippen molar-refractivity contribution in [3.8, 4) is 0 Å². The Balaban J connectivity index is 1.61. The number of carbonyl (C=O) groups is 2. The zero-order valence-electron chi connectivity index (χ0n) is 13.7. The number of amides is 2. The van der Waals surface area contributed by atoms with Crippen molar-refractivity contribution < 1.29 is 9.59 Å². The molecule has 0 saturated carbocycles. The van der Waals surface area contributed by atoms with E-state index in [-0.39, 0.29) is 11.8 Å². The molecule has 130 valence electrons. The first-order valence-electron chi connectivity index (χ1n) is 8.03. The first-order valence-corrected chi connectivity index (χ1v) is 9.89. The molecule has 3 aromatic rings. The maximum atomic E-state index is 12.6. The maximum absolute atomic E-state index is 12.6. The molecule has 1 aliphatic heterocycles. The second-order valence-corrected chi connectivity index (χ2v) is 7.65. The zero-order chi connectivity index (χ0) is 17.9. The molecule has 0 unspecified atom stereocenters. The summed E-state index contributed by atoms with van der Waals surface area (Å²) < 4.78 is 1.95. The summed E-state index contributed by atoms with van der Waals surface area (Å²) in [6, 6.07) is 15.3. The third-order valence-corrected chi connectivity index (χ3v) is 5.78. The van der Waals surface area contributed by atoms with Gasteiger partial charge < -0.3 is 9.88 Å². The number of benzene rings is 2. The van der Waals surface area contributed by atoms with Gasteiger partial charge in [-0.25, -0.2) is 0 Å². The highest BCUT2D eigenvalue weighted by atomic mass is 32.2. The molecule has 0 bridgehead atoms. The van der Waals surface area contributed by atoms with Gasteiger partial charge in [-0.05, 0) is 23.8 Å². The lowest BCUT2D eigenvalue weighted by molar-refractivity contribution is -0.113. The number of hydrogen-bond acceptors (Lipinski definition) is 4. The number of anilines is 1. The fraction of sp³-hybridized carbons (Fsp3) is 0.105. The average Bonchev–Trinajstić information content (AvgIpc) is 3.08. The van der Waals surface area contributed by atoms with Crippen LogP contribution in [0.4, 0.5) is 5.69 Å². The Morgan fingerprint density at radius 2 is 2.04 bits per heavy atom. The van der Waals surface area contributed by atoms with Gasteiger partial charge in [-0.1, -0.05) is 30.3 Å². The van der Waals surface area contributed by atoms with Crippen molar-refractivity contribution >= 4 is 40.6 Å². The van der Waals surface area contributed by atoms with Gasteiger partial charge in [0.15, 0.2) is 4.80 Å². The molecule has 2 heterocycles. The molecule has 4 rings (SSSR count). The number of thiazole rings is 1. The molecule has 5 nitrogen and oxygen atoms in total. The van der Waals surface area contributed by atoms with Crippen LogP contribution in [0.15, 0.2) is 70.0 Å². The van der Waals surface area contributed by atoms with Crippen LogP contribution in [0.3, 0.4) is 0 Å². The molecule has 1 N–H and O–H groups in total. The summed E-state index contributed by atoms with van der Waals surface area (Å²) in [6.45, 7) is 0.660. The minimum atomic E-state index is -0.318. The molecule has 1 aliphatic rings. The van der Waals surface area contributed by atoms with E-state index in [1.807, 2.05) is 52.5 Å². The van der Waals surface area contributed by atoms with Gasteiger partial charge in [0.05, 0.1) is 11.4 Å². The van der Waals surface area contributed by atoms with E-state index >= 15 is 0 Å². The summed E-state index contributed by atoms with van der Waals surface area (Å²) in [4.78, 5) is 30.0. The lowest BCUT2D eigenvalue weighted by atomic mass is 10.2. The van der Waals surface area contributed by atoms with Crippen LogP contribution in [0.1, 0.15) is 15.9 Å². The topological polar surface area (TPSA) is 63.5 Å². The van der Waals surface area contributed by atoms with Crippen LogP contribution < -0.4 is 10.1 Å². The maximum Gasteiger partial charge on any atom is 0.279 e. The Bertz CT molecular complexity index is 1040. The van der Waals surface area contributed by atoms with Gasteiger partial charge in [-0.2, -0.15) is 4.99 Å². The number of carbonyl (C=O) groups excluding carboxylic acids is 2. The van der Waals surface area contributed by atoms with Gasteiger partial charge in [-0.15, -0.1) is 23.1 Å². The molecule has 26 heavy (non-hydrogen) atoms. The van der Waals surface area contributed by atoms with Crippen molar-refractivity contribution in [1.82, 2.24) is 4.57 Å². The number of nitrogens with one attached hydrogen (secondary N) is 1. The first-order chi connectivity index (χ1) is 12.7. The molecular weight excluding hydrogens is 366 g/mol. The summed E-state index contributed by atoms with van der Waals surface area (Å²) in [7, 11) is 0. The normalized spacial score (nSPS) is 14.0. The lowest BCUT2D eigenvalue weighted by Gasteiger charge is -2.16. The summed E-state index contributed by atoms with van der Waals surface area (Å²) >= 11 is 2.89. The smallest absolute Gasteiger partial charge is 0.279 e. The number of rotatable bonds is 3. The van der Waals surface area contributed by atoms with Gasteiger partial charge in [0, 0.05) is 28.6 Å². The van der Waals surface area contributed by atoms with Crippen LogP contribution >= 0.6 is 23.1 Å². The number of nitrogens with zero attached hydrogens (tertiary/aromatic N) is 2. The second-order valence-electron chi connectivity index (χ2n) is 5.76. The molecular formula is C19H15N3O2S2. The fourth-order valence-corrected chi connectivity index (χ4v) is 4.17. The van der Waals surface area contributed by atoms with Crippen molar-refractivity contribution in [3.05, 3.63) is 76.0 Å². The lowest BCUT2D eigenvalue weighted by Crippen LogP contribution is -2.19. The molecule has 0 spiro atoms. The Hall–Kier alpha value is -2.64. The van der Waals surface area contributed by atoms with E-state index in [1.54, 1.807) is 12.1 Å². The third kappa shape index (κ3) is 3.63. The number of hydrogen-bond donors (Lipinski definition) is 1. The SMILES string of the molecule is O=C1CSc2ccc(C(=O)N=c3sccn3Cc3ccccc3)cc2N1. The molecule has 0 aliphatic carbocycles. The van der Waals surface area contributed by atoms with Crippen LogP contribution in [0, 0.1) is 0 Å². The monoisotopic (exact) mass is 381 g/mol. The first kappa shape index (κ1) is 16.8. The third-order valence-electron chi connectivity index (χ3n) is 3.91. The van der Waals surface area contributed by atoms with Crippen molar-refractivity contribution in [2.45, 2.75) is 11.4 Å². The van der Waals surface area contributed by atoms with E-state index < -0.39 is 0 Å². The second kappa shape index (κ2) is 7.31. The number of fused-ring (bicyclic) bond motifs is 1. The van der Waals surface area contributed by atoms with E-state index in [0.717, 1.165) is 10.5 Å². The quantitative estimate of drug-likeness (QED) is 0.756. The van der Waals surface area contributed by atoms with Crippen LogP contribution in [-0.4, -0.2) is 22.1 Å². The van der Waals surface area contributed by atoms with E-state index in [1.165, 1.54) is 23.1 Å². The molecule has 0 fully saturated rings. The van der Waals surface area contributed by atoms with Crippen LogP contribution in [0.5, 0.6) is 0 Å². The summed E-state index contributed by atoms with van der Waals surface area (Å²) in [6.07, 6.45) is 1.92. The van der Waals surface area contributed by atoms with Gasteiger partial charge in [-0.3, -0.25) is 9.59 Å². The van der Waals surface area contributed by atoms with Gasteiger partial charge in [0.2, 0.25) is 5.91 Å². The standard InChI is InChI=1S/C19H15N3O2S2/c23-17-12-26-16-7-6-14(10-15(16)20-17)18(24)21-19-22(8-9-25-19)11-13-4-2-1-3-5-13/h1-10H,11-12H2,(H,20,23). The Morgan fingerprint density at radius 3 is 2.88 bits per heavy atom. The summed E-state index contributed by atoms with van der Waals surface area (Å²) in [5, 5.41) is 4.72. The highest BCUT2D eigenvalue weighted by Gasteiger charge is 2.17. The molecule has 0 atom stereocenters. The van der Waals surface area contributed by atoms with E-state index in [0.29, 0.717) is 28.3 Å². The Labute approximate surface area is 158 Å². The predicted octanol–water partition coefficient (Wildman–Crippen LogP) is 3.38. The van der Waals surface area contributed by atoms with Crippen molar-refractivity contribution in [3.63, 3.8) is 0 Å². The zero-order valence-corrected chi connectivity index (χ0v) is 15.3. The van der Waals surface area contributed by atoms with Crippen molar-refractivity contribution in [1.29, 1.82) is 0 Å². The summed E-state index contributed by atoms with van der Waals surface area (Å²) in [5.74, 6) is 0.0317. The Kier molecular flexibility index (Phi) is 4.73. The predicted molar refractivity (Wildman–Crippen MR) is 104 cm³/mol. The molecule has 2 aromatic carbocycles. The highest BCUT2D eigenvalue weighted by molar-refractivity contribution is 8.00. The average molecular weight is 381 g/mol. The van der Waals surface area contributed by atoms with E-state index in [9.17, 15) is 9.59 Å². The fourth-order valence-electron chi connectivity index (χ4n) is 2.65. The molecule has 7 heteroatoms. The number of aromatic nitrogens is 1. The highest BCUT2D eigenvalue weighted by Crippen LogP contribution is 2.32. The molecule has 1 aromatic heterocycles. The van der Waals surface area contributed by atoms with Crippen LogP contribution in [-0.2, 0) is 11.3 Å². The van der Waals surface area contributed by atoms with Gasteiger partial charge in [0.1, 0.15) is 0 Å². The van der Waals surface area contributed by atoms with E-state index in [4.69, 9.17) is 0 Å². The minimum Gasteiger partial charge on any atom is -0.324 e. The molecule has 2 amide bonds. The van der Waals surface area contributed by atoms with E-state index in [2.05, 4.69) is 10.3 Å². The van der Waals surface area contributed by atoms with Crippen LogP contribution in [0.2, 0.25) is 0 Å². The van der Waals surface area contributed by atoms with Crippen molar-refractivity contribution in [2.24, 2.45) is 4.99 Å². The molecule has 0 radical (unpaired) electrons. The summed E-state index contributed by atoms with van der Waals surface area (Å²) in [5.41, 5.74) is 2.29. The van der Waals surface area contributed by atoms with Gasteiger partial charge >= 0.3 is 0 Å². The largest absolute Gasteiger partial charge is 0.324 e. The number of thioether (sulfide) groups is 1. The Morgan fingerprint density at radius 1 is 1.19 bits per heavy atom. The minimum absolute atomic E-state index is 0.0528. The van der Waals surface area contributed by atoms with Crippen molar-refractivity contribution in [2.75, 3.05) is 11.1 Å². The van der Waals surface area contributed by atoms with Crippen LogP contribution in [0.25, 0.3) is 0 Å². The molecule has 0 saturated heterocycles.